The van der Waals surface area contributed by atoms with Crippen LogP contribution < -0.4 is 0 Å². The molecule has 2 aromatic rings. The molecule has 1 saturated heterocycles. The van der Waals surface area contributed by atoms with Gasteiger partial charge in [0.15, 0.2) is 15.7 Å². The molecule has 2 heterocycles. The first-order chi connectivity index (χ1) is 12.9. The van der Waals surface area contributed by atoms with Crippen molar-refractivity contribution in [3.63, 3.8) is 0 Å². The highest BCUT2D eigenvalue weighted by molar-refractivity contribution is 7.92. The van der Waals surface area contributed by atoms with Gasteiger partial charge >= 0.3 is 0 Å². The molecule has 146 valence electrons. The zero-order chi connectivity index (χ0) is 19.4. The molecule has 1 aromatic carbocycles. The average Bonchev–Trinajstić information content (AvgIpc) is 3.14. The molecule has 0 aliphatic carbocycles. The summed E-state index contributed by atoms with van der Waals surface area (Å²) in [6.45, 7) is 4.12. The van der Waals surface area contributed by atoms with Crippen LogP contribution in [-0.2, 0) is 20.4 Å². The van der Waals surface area contributed by atoms with Gasteiger partial charge in [0, 0.05) is 12.6 Å². The Hall–Kier alpha value is -2.29. The maximum atomic E-state index is 12.9. The van der Waals surface area contributed by atoms with Gasteiger partial charge in [0.25, 0.3) is 0 Å². The van der Waals surface area contributed by atoms with E-state index in [1.54, 1.807) is 17.0 Å². The number of carbonyl (C=O) groups is 1. The first-order valence-electron chi connectivity index (χ1n) is 9.28. The highest BCUT2D eigenvalue weighted by atomic mass is 32.2. The first-order valence-corrected chi connectivity index (χ1v) is 11.0. The van der Waals surface area contributed by atoms with E-state index in [0.29, 0.717) is 12.2 Å². The van der Waals surface area contributed by atoms with Crippen molar-refractivity contribution < 1.29 is 13.2 Å². The van der Waals surface area contributed by atoms with Gasteiger partial charge in [0.2, 0.25) is 5.91 Å². The fourth-order valence-corrected chi connectivity index (χ4v) is 4.71. The van der Waals surface area contributed by atoms with Crippen LogP contribution in [-0.4, -0.2) is 57.3 Å². The maximum absolute atomic E-state index is 12.9. The number of hydrogen-bond acceptors (Lipinski definition) is 6. The quantitative estimate of drug-likeness (QED) is 0.744. The minimum Gasteiger partial charge on any atom is -0.339 e. The third-order valence-electron chi connectivity index (χ3n) is 5.13. The minimum absolute atomic E-state index is 0.124. The molecule has 1 aliphatic rings. The fourth-order valence-electron chi connectivity index (χ4n) is 3.47. The Balaban J connectivity index is 1.79. The number of tetrazole rings is 1. The number of para-hydroxylation sites is 1. The Morgan fingerprint density at radius 2 is 2.00 bits per heavy atom. The van der Waals surface area contributed by atoms with Gasteiger partial charge in [-0.1, -0.05) is 25.1 Å². The lowest BCUT2D eigenvalue weighted by atomic mass is 10.00. The number of benzene rings is 1. The molecule has 2 atom stereocenters. The van der Waals surface area contributed by atoms with Crippen molar-refractivity contribution in [3.8, 4) is 5.69 Å². The lowest BCUT2D eigenvalue weighted by molar-refractivity contribution is -0.134. The summed E-state index contributed by atoms with van der Waals surface area (Å²) in [5, 5.41) is 10.2. The second kappa shape index (κ2) is 8.16. The number of likely N-dealkylation sites (tertiary alicyclic amines) is 1. The largest absolute Gasteiger partial charge is 0.339 e. The number of aromatic nitrogens is 4. The highest BCUT2D eigenvalue weighted by Crippen LogP contribution is 2.23. The Kier molecular flexibility index (Phi) is 5.88. The number of hydrogen-bond donors (Lipinski definition) is 0. The van der Waals surface area contributed by atoms with Crippen molar-refractivity contribution >= 4 is 15.7 Å². The van der Waals surface area contributed by atoms with Crippen molar-refractivity contribution in [2.24, 2.45) is 0 Å². The molecule has 1 amide bonds. The number of piperidine rings is 1. The van der Waals surface area contributed by atoms with E-state index in [1.165, 1.54) is 11.6 Å². The van der Waals surface area contributed by atoms with Gasteiger partial charge in [0.05, 0.1) is 5.69 Å². The van der Waals surface area contributed by atoms with Crippen LogP contribution in [0.4, 0.5) is 0 Å². The van der Waals surface area contributed by atoms with Crippen LogP contribution in [0.5, 0.6) is 0 Å². The molecule has 8 nitrogen and oxygen atoms in total. The average molecular weight is 391 g/mol. The molecule has 1 aromatic heterocycles. The monoisotopic (exact) mass is 391 g/mol. The topological polar surface area (TPSA) is 98.1 Å². The summed E-state index contributed by atoms with van der Waals surface area (Å²) in [7, 11) is -3.75. The highest BCUT2D eigenvalue weighted by Gasteiger charge is 2.36. The van der Waals surface area contributed by atoms with Crippen LogP contribution in [0.15, 0.2) is 30.3 Å². The Morgan fingerprint density at radius 3 is 2.70 bits per heavy atom. The number of amides is 1. The van der Waals surface area contributed by atoms with E-state index in [9.17, 15) is 13.2 Å². The molecule has 3 rings (SSSR count). The van der Waals surface area contributed by atoms with Gasteiger partial charge in [-0.2, -0.15) is 4.68 Å². The lowest BCUT2D eigenvalue weighted by Gasteiger charge is -2.36. The Labute approximate surface area is 159 Å². The molecule has 0 radical (unpaired) electrons. The van der Waals surface area contributed by atoms with Crippen LogP contribution in [0, 0.1) is 0 Å². The van der Waals surface area contributed by atoms with Gasteiger partial charge in [-0.3, -0.25) is 4.79 Å². The number of sulfone groups is 1. The number of rotatable bonds is 6. The molecule has 0 saturated carbocycles. The molecule has 27 heavy (non-hydrogen) atoms. The summed E-state index contributed by atoms with van der Waals surface area (Å²) in [6, 6.07) is 9.21. The predicted molar refractivity (Wildman–Crippen MR) is 101 cm³/mol. The Morgan fingerprint density at radius 1 is 1.26 bits per heavy atom. The third kappa shape index (κ3) is 4.18. The molecular formula is C18H25N5O3S. The van der Waals surface area contributed by atoms with Crippen LogP contribution in [0.25, 0.3) is 5.69 Å². The van der Waals surface area contributed by atoms with Crippen molar-refractivity contribution in [2.75, 3.05) is 6.54 Å². The fraction of sp³-hybridized carbons (Fsp3) is 0.556. The van der Waals surface area contributed by atoms with E-state index < -0.39 is 15.1 Å². The number of nitrogens with zero attached hydrogens (tertiary/aromatic N) is 5. The van der Waals surface area contributed by atoms with Gasteiger partial charge in [-0.05, 0) is 55.2 Å². The zero-order valence-electron chi connectivity index (χ0n) is 15.7. The Bertz CT molecular complexity index is 881. The van der Waals surface area contributed by atoms with Crippen molar-refractivity contribution in [1.29, 1.82) is 0 Å². The van der Waals surface area contributed by atoms with E-state index >= 15 is 0 Å². The van der Waals surface area contributed by atoms with Crippen LogP contribution in [0.1, 0.15) is 45.4 Å². The second-order valence-corrected chi connectivity index (χ2v) is 9.20. The second-order valence-electron chi connectivity index (χ2n) is 6.88. The zero-order valence-corrected chi connectivity index (χ0v) is 16.5. The molecule has 0 N–H and O–H groups in total. The lowest BCUT2D eigenvalue weighted by Crippen LogP contribution is -2.49. The molecule has 0 bridgehead atoms. The smallest absolute Gasteiger partial charge is 0.240 e. The molecular weight excluding hydrogens is 366 g/mol. The molecule has 9 heteroatoms. The third-order valence-corrected chi connectivity index (χ3v) is 7.07. The number of carbonyl (C=O) groups excluding carboxylic acids is 1. The standard InChI is InChI=1S/C18H25N5O3S/c1-3-15-9-7-8-12-22(15)18(24)14(2)27(25,26)13-17-19-20-21-23(17)16-10-5-4-6-11-16/h4-6,10-11,14-15H,3,7-9,12-13H2,1-2H3. The SMILES string of the molecule is CCC1CCCCN1C(=O)C(C)S(=O)(=O)Cc1nnnn1-c1ccccc1. The summed E-state index contributed by atoms with van der Waals surface area (Å²) in [5.41, 5.74) is 0.675. The molecule has 0 spiro atoms. The van der Waals surface area contributed by atoms with Crippen LogP contribution in [0.3, 0.4) is 0 Å². The van der Waals surface area contributed by atoms with E-state index in [0.717, 1.165) is 25.7 Å². The summed E-state index contributed by atoms with van der Waals surface area (Å²) < 4.78 is 27.2. The van der Waals surface area contributed by atoms with Gasteiger partial charge < -0.3 is 4.90 Å². The van der Waals surface area contributed by atoms with E-state index in [-0.39, 0.29) is 23.5 Å². The van der Waals surface area contributed by atoms with Crippen LogP contribution >= 0.6 is 0 Å². The van der Waals surface area contributed by atoms with Gasteiger partial charge in [0.1, 0.15) is 11.0 Å². The summed E-state index contributed by atoms with van der Waals surface area (Å²) in [6.07, 6.45) is 3.77. The van der Waals surface area contributed by atoms with Crippen molar-refractivity contribution in [3.05, 3.63) is 36.2 Å². The minimum atomic E-state index is -3.75. The summed E-state index contributed by atoms with van der Waals surface area (Å²) in [5.74, 6) is -0.501. The van der Waals surface area contributed by atoms with E-state index in [4.69, 9.17) is 0 Å². The van der Waals surface area contributed by atoms with Crippen molar-refractivity contribution in [1.82, 2.24) is 25.1 Å². The summed E-state index contributed by atoms with van der Waals surface area (Å²) >= 11 is 0. The van der Waals surface area contributed by atoms with Gasteiger partial charge in [-0.15, -0.1) is 5.10 Å². The normalized spacial score (nSPS) is 19.0. The van der Waals surface area contributed by atoms with Crippen LogP contribution in [0.2, 0.25) is 0 Å². The van der Waals surface area contributed by atoms with Gasteiger partial charge in [-0.25, -0.2) is 8.42 Å². The maximum Gasteiger partial charge on any atom is 0.240 e. The van der Waals surface area contributed by atoms with E-state index in [1.807, 2.05) is 25.1 Å². The summed E-state index contributed by atoms with van der Waals surface area (Å²) in [4.78, 5) is 14.6. The van der Waals surface area contributed by atoms with Crippen molar-refractivity contribution in [2.45, 2.75) is 56.6 Å². The molecule has 1 fully saturated rings. The van der Waals surface area contributed by atoms with E-state index in [2.05, 4.69) is 15.5 Å². The first kappa shape index (κ1) is 19.5. The molecule has 2 unspecified atom stereocenters. The molecule has 1 aliphatic heterocycles. The predicted octanol–water partition coefficient (Wildman–Crippen LogP) is 1.76.